The first-order chi connectivity index (χ1) is 8.29. The minimum Gasteiger partial charge on any atom is -0.370 e. The molecule has 1 aliphatic rings. The average Bonchev–Trinajstić information content (AvgIpc) is 2.57. The molecule has 1 aliphatic carbocycles. The summed E-state index contributed by atoms with van der Waals surface area (Å²) < 4.78 is 0. The van der Waals surface area contributed by atoms with E-state index in [1.165, 1.54) is 38.5 Å². The maximum absolute atomic E-state index is 4.67. The molecule has 17 heavy (non-hydrogen) atoms. The number of anilines is 1. The second kappa shape index (κ2) is 5.99. The van der Waals surface area contributed by atoms with Gasteiger partial charge in [-0.15, -0.1) is 0 Å². The SMILES string of the molecule is CCNc1cc(C)nc(C2CCCCCC2)n1. The highest BCUT2D eigenvalue weighted by atomic mass is 15.0. The fraction of sp³-hybridized carbons (Fsp3) is 0.714. The number of nitrogens with zero attached hydrogens (tertiary/aromatic N) is 2. The first-order valence-corrected chi connectivity index (χ1v) is 6.89. The summed E-state index contributed by atoms with van der Waals surface area (Å²) in [6, 6.07) is 2.03. The fourth-order valence-corrected chi connectivity index (χ4v) is 2.58. The Morgan fingerprint density at radius 3 is 2.53 bits per heavy atom. The third-order valence-electron chi connectivity index (χ3n) is 3.45. The maximum Gasteiger partial charge on any atom is 0.134 e. The highest BCUT2D eigenvalue weighted by Crippen LogP contribution is 2.30. The van der Waals surface area contributed by atoms with E-state index >= 15 is 0 Å². The molecule has 1 saturated carbocycles. The van der Waals surface area contributed by atoms with E-state index in [1.807, 2.05) is 6.07 Å². The Bertz CT molecular complexity index is 354. The number of nitrogens with one attached hydrogen (secondary N) is 1. The fourth-order valence-electron chi connectivity index (χ4n) is 2.58. The summed E-state index contributed by atoms with van der Waals surface area (Å²) in [6.07, 6.45) is 7.94. The van der Waals surface area contributed by atoms with E-state index in [1.54, 1.807) is 0 Å². The van der Waals surface area contributed by atoms with Gasteiger partial charge in [0.05, 0.1) is 0 Å². The van der Waals surface area contributed by atoms with Crippen LogP contribution in [0.2, 0.25) is 0 Å². The van der Waals surface area contributed by atoms with Gasteiger partial charge in [0.2, 0.25) is 0 Å². The van der Waals surface area contributed by atoms with Crippen LogP contribution >= 0.6 is 0 Å². The number of aromatic nitrogens is 2. The van der Waals surface area contributed by atoms with Crippen LogP contribution in [0.1, 0.15) is 62.9 Å². The smallest absolute Gasteiger partial charge is 0.134 e. The van der Waals surface area contributed by atoms with Gasteiger partial charge in [-0.3, -0.25) is 0 Å². The number of aryl methyl sites for hydroxylation is 1. The Hall–Kier alpha value is -1.12. The van der Waals surface area contributed by atoms with E-state index in [2.05, 4.69) is 29.1 Å². The molecule has 0 amide bonds. The molecule has 1 fully saturated rings. The lowest BCUT2D eigenvalue weighted by Gasteiger charge is -2.14. The van der Waals surface area contributed by atoms with Gasteiger partial charge in [-0.1, -0.05) is 25.7 Å². The molecule has 3 heteroatoms. The van der Waals surface area contributed by atoms with Crippen LogP contribution in [0.25, 0.3) is 0 Å². The summed E-state index contributed by atoms with van der Waals surface area (Å²) in [5, 5.41) is 3.29. The Morgan fingerprint density at radius 1 is 1.18 bits per heavy atom. The van der Waals surface area contributed by atoms with Crippen LogP contribution in [-0.2, 0) is 0 Å². The van der Waals surface area contributed by atoms with Crippen LogP contribution in [-0.4, -0.2) is 16.5 Å². The van der Waals surface area contributed by atoms with Gasteiger partial charge in [-0.2, -0.15) is 0 Å². The van der Waals surface area contributed by atoms with Crippen molar-refractivity contribution in [2.24, 2.45) is 0 Å². The van der Waals surface area contributed by atoms with Crippen molar-refractivity contribution >= 4 is 5.82 Å². The summed E-state index contributed by atoms with van der Waals surface area (Å²) >= 11 is 0. The molecular formula is C14H23N3. The highest BCUT2D eigenvalue weighted by Gasteiger charge is 2.17. The first-order valence-electron chi connectivity index (χ1n) is 6.89. The topological polar surface area (TPSA) is 37.8 Å². The minimum absolute atomic E-state index is 0.579. The monoisotopic (exact) mass is 233 g/mol. The van der Waals surface area contributed by atoms with Crippen LogP contribution in [0.3, 0.4) is 0 Å². The molecule has 0 bridgehead atoms. The van der Waals surface area contributed by atoms with Gasteiger partial charge in [0.1, 0.15) is 11.6 Å². The molecule has 0 radical (unpaired) electrons. The van der Waals surface area contributed by atoms with Gasteiger partial charge >= 0.3 is 0 Å². The van der Waals surface area contributed by atoms with E-state index in [-0.39, 0.29) is 0 Å². The quantitative estimate of drug-likeness (QED) is 0.810. The lowest BCUT2D eigenvalue weighted by Crippen LogP contribution is -2.08. The van der Waals surface area contributed by atoms with Crippen molar-refractivity contribution in [2.75, 3.05) is 11.9 Å². The molecule has 0 atom stereocenters. The normalized spacial score (nSPS) is 17.8. The van der Waals surface area contributed by atoms with Crippen molar-refractivity contribution in [3.05, 3.63) is 17.6 Å². The summed E-state index contributed by atoms with van der Waals surface area (Å²) in [5.41, 5.74) is 1.08. The Kier molecular flexibility index (Phi) is 4.35. The molecule has 1 N–H and O–H groups in total. The molecule has 1 aromatic rings. The molecule has 0 saturated heterocycles. The van der Waals surface area contributed by atoms with Gasteiger partial charge in [-0.05, 0) is 26.7 Å². The lowest BCUT2D eigenvalue weighted by atomic mass is 9.99. The standard InChI is InChI=1S/C14H23N3/c1-3-15-13-10-11(2)16-14(17-13)12-8-6-4-5-7-9-12/h10,12H,3-9H2,1-2H3,(H,15,16,17). The number of hydrogen-bond acceptors (Lipinski definition) is 3. The number of hydrogen-bond donors (Lipinski definition) is 1. The largest absolute Gasteiger partial charge is 0.370 e. The molecule has 2 rings (SSSR count). The van der Waals surface area contributed by atoms with Crippen molar-refractivity contribution in [2.45, 2.75) is 58.3 Å². The van der Waals surface area contributed by atoms with Gasteiger partial charge in [0.25, 0.3) is 0 Å². The van der Waals surface area contributed by atoms with Crippen molar-refractivity contribution < 1.29 is 0 Å². The minimum atomic E-state index is 0.579. The molecule has 0 spiro atoms. The van der Waals surface area contributed by atoms with Crippen molar-refractivity contribution in [1.29, 1.82) is 0 Å². The zero-order chi connectivity index (χ0) is 12.1. The van der Waals surface area contributed by atoms with Gasteiger partial charge in [0, 0.05) is 24.2 Å². The molecular weight excluding hydrogens is 210 g/mol. The van der Waals surface area contributed by atoms with Crippen LogP contribution < -0.4 is 5.32 Å². The zero-order valence-electron chi connectivity index (χ0n) is 11.0. The molecule has 94 valence electrons. The van der Waals surface area contributed by atoms with Gasteiger partial charge in [0.15, 0.2) is 0 Å². The third-order valence-corrected chi connectivity index (χ3v) is 3.45. The summed E-state index contributed by atoms with van der Waals surface area (Å²) in [7, 11) is 0. The molecule has 3 nitrogen and oxygen atoms in total. The summed E-state index contributed by atoms with van der Waals surface area (Å²) in [6.45, 7) is 5.08. The van der Waals surface area contributed by atoms with E-state index in [9.17, 15) is 0 Å². The van der Waals surface area contributed by atoms with E-state index in [0.29, 0.717) is 5.92 Å². The van der Waals surface area contributed by atoms with Crippen LogP contribution in [0, 0.1) is 6.92 Å². The van der Waals surface area contributed by atoms with Crippen LogP contribution in [0.15, 0.2) is 6.07 Å². The Balaban J connectivity index is 2.17. The Morgan fingerprint density at radius 2 is 1.88 bits per heavy atom. The zero-order valence-corrected chi connectivity index (χ0v) is 11.0. The summed E-state index contributed by atoms with van der Waals surface area (Å²) in [5.74, 6) is 2.62. The maximum atomic E-state index is 4.67. The van der Waals surface area contributed by atoms with E-state index < -0.39 is 0 Å². The molecule has 0 aliphatic heterocycles. The predicted octanol–water partition coefficient (Wildman–Crippen LogP) is 3.65. The predicted molar refractivity (Wildman–Crippen MR) is 71.4 cm³/mol. The van der Waals surface area contributed by atoms with Crippen molar-refractivity contribution in [1.82, 2.24) is 9.97 Å². The molecule has 0 aromatic carbocycles. The molecule has 1 heterocycles. The molecule has 0 unspecified atom stereocenters. The lowest BCUT2D eigenvalue weighted by molar-refractivity contribution is 0.559. The second-order valence-electron chi connectivity index (χ2n) is 4.97. The van der Waals surface area contributed by atoms with E-state index in [0.717, 1.165) is 23.9 Å². The highest BCUT2D eigenvalue weighted by molar-refractivity contribution is 5.36. The summed E-state index contributed by atoms with van der Waals surface area (Å²) in [4.78, 5) is 9.30. The first kappa shape index (κ1) is 12.3. The Labute approximate surface area is 104 Å². The average molecular weight is 233 g/mol. The number of rotatable bonds is 3. The van der Waals surface area contributed by atoms with Crippen molar-refractivity contribution in [3.63, 3.8) is 0 Å². The third kappa shape index (κ3) is 3.42. The van der Waals surface area contributed by atoms with Crippen LogP contribution in [0.4, 0.5) is 5.82 Å². The molecule has 1 aromatic heterocycles. The van der Waals surface area contributed by atoms with Gasteiger partial charge in [-0.25, -0.2) is 9.97 Å². The van der Waals surface area contributed by atoms with E-state index in [4.69, 9.17) is 0 Å². The van der Waals surface area contributed by atoms with Crippen LogP contribution in [0.5, 0.6) is 0 Å². The van der Waals surface area contributed by atoms with Gasteiger partial charge < -0.3 is 5.32 Å². The van der Waals surface area contributed by atoms with Crippen molar-refractivity contribution in [3.8, 4) is 0 Å². The second-order valence-corrected chi connectivity index (χ2v) is 4.97.